The van der Waals surface area contributed by atoms with E-state index in [0.717, 1.165) is 6.07 Å². The molecule has 1 aromatic carbocycles. The summed E-state index contributed by atoms with van der Waals surface area (Å²) >= 11 is 6.22. The summed E-state index contributed by atoms with van der Waals surface area (Å²) < 4.78 is 67.5. The molecule has 0 amide bonds. The molecule has 3 rings (SSSR count). The van der Waals surface area contributed by atoms with Gasteiger partial charge in [0.25, 0.3) is 6.43 Å². The summed E-state index contributed by atoms with van der Waals surface area (Å²) in [6.07, 6.45) is 0.402. The minimum atomic E-state index is -3.92. The monoisotopic (exact) mass is 491 g/mol. The first-order chi connectivity index (χ1) is 15.1. The third-order valence-corrected chi connectivity index (χ3v) is 7.36. The van der Waals surface area contributed by atoms with Crippen molar-refractivity contribution in [1.82, 2.24) is 9.71 Å². The predicted octanol–water partition coefficient (Wildman–Crippen LogP) is 4.45. The molecule has 1 heterocycles. The van der Waals surface area contributed by atoms with Gasteiger partial charge in [-0.15, -0.1) is 0 Å². The van der Waals surface area contributed by atoms with Gasteiger partial charge in [0.1, 0.15) is 11.4 Å². The summed E-state index contributed by atoms with van der Waals surface area (Å²) in [5.41, 5.74) is -0.955. The first-order valence-electron chi connectivity index (χ1n) is 10.2. The van der Waals surface area contributed by atoms with Crippen LogP contribution >= 0.6 is 11.6 Å². The summed E-state index contributed by atoms with van der Waals surface area (Å²) in [4.78, 5) is 3.51. The molecule has 2 aromatic rings. The number of hydrogen-bond donors (Lipinski definition) is 3. The number of pyridine rings is 1. The van der Waals surface area contributed by atoms with Crippen LogP contribution in [0.1, 0.15) is 43.4 Å². The molecule has 0 atom stereocenters. The second-order valence-electron chi connectivity index (χ2n) is 7.99. The van der Waals surface area contributed by atoms with Crippen molar-refractivity contribution in [2.75, 3.05) is 18.5 Å². The van der Waals surface area contributed by atoms with Crippen molar-refractivity contribution in [3.63, 3.8) is 0 Å². The molecule has 1 saturated carbocycles. The number of aliphatic hydroxyl groups is 1. The number of rotatable bonds is 9. The smallest absolute Gasteiger partial charge is 0.280 e. The average molecular weight is 492 g/mol. The van der Waals surface area contributed by atoms with Crippen molar-refractivity contribution >= 4 is 27.3 Å². The largest absolute Gasteiger partial charge is 0.396 e. The van der Waals surface area contributed by atoms with Crippen LogP contribution in [-0.2, 0) is 16.6 Å². The first-order valence-corrected chi connectivity index (χ1v) is 12.0. The maximum atomic E-state index is 15.0. The Kier molecular flexibility index (Phi) is 8.02. The Morgan fingerprint density at radius 1 is 1.22 bits per heavy atom. The normalized spacial score (nSPS) is 21.6. The Morgan fingerprint density at radius 3 is 2.50 bits per heavy atom. The van der Waals surface area contributed by atoms with Crippen LogP contribution < -0.4 is 10.0 Å². The van der Waals surface area contributed by atoms with E-state index in [1.165, 1.54) is 30.5 Å². The second-order valence-corrected chi connectivity index (χ2v) is 10.2. The molecule has 0 saturated heterocycles. The Hall–Kier alpha value is -1.88. The van der Waals surface area contributed by atoms with Crippen LogP contribution in [-0.4, -0.2) is 37.3 Å². The van der Waals surface area contributed by atoms with Crippen molar-refractivity contribution < 1.29 is 26.7 Å². The molecule has 176 valence electrons. The van der Waals surface area contributed by atoms with Gasteiger partial charge in [0.15, 0.2) is 0 Å². The molecule has 6 nitrogen and oxygen atoms in total. The standard InChI is InChI=1S/C21H25ClF3N3O3S/c22-17-9-16(32(30,31)28-11-15-1-3-19(20(23)24)26-10-15)2-4-18(17)27-13-21(25)7-5-14(12-29)6-8-21/h1-4,9-10,14,20,27-29H,5-8,11-13H2. The second kappa shape index (κ2) is 10.4. The number of nitrogens with one attached hydrogen (secondary N) is 2. The average Bonchev–Trinajstić information content (AvgIpc) is 2.78. The van der Waals surface area contributed by atoms with Crippen LogP contribution in [0.5, 0.6) is 0 Å². The van der Waals surface area contributed by atoms with Gasteiger partial charge in [0, 0.05) is 25.9 Å². The Balaban J connectivity index is 1.59. The minimum Gasteiger partial charge on any atom is -0.396 e. The zero-order chi connectivity index (χ0) is 23.4. The van der Waals surface area contributed by atoms with Crippen molar-refractivity contribution in [2.24, 2.45) is 5.92 Å². The van der Waals surface area contributed by atoms with E-state index in [4.69, 9.17) is 11.6 Å². The van der Waals surface area contributed by atoms with Crippen LogP contribution in [0.25, 0.3) is 0 Å². The Bertz CT molecular complexity index is 1010. The molecule has 11 heteroatoms. The van der Waals surface area contributed by atoms with E-state index in [1.54, 1.807) is 0 Å². The molecular weight excluding hydrogens is 467 g/mol. The fourth-order valence-corrected chi connectivity index (χ4v) is 4.90. The fraction of sp³-hybridized carbons (Fsp3) is 0.476. The Labute approximate surface area is 190 Å². The lowest BCUT2D eigenvalue weighted by Crippen LogP contribution is -2.37. The van der Waals surface area contributed by atoms with Crippen molar-refractivity contribution in [1.29, 1.82) is 0 Å². The number of sulfonamides is 1. The highest BCUT2D eigenvalue weighted by Gasteiger charge is 2.35. The van der Waals surface area contributed by atoms with Crippen LogP contribution in [0.4, 0.5) is 18.9 Å². The molecule has 1 aliphatic carbocycles. The van der Waals surface area contributed by atoms with Gasteiger partial charge in [-0.25, -0.2) is 26.3 Å². The number of halogens is 4. The van der Waals surface area contributed by atoms with Gasteiger partial charge < -0.3 is 10.4 Å². The highest BCUT2D eigenvalue weighted by Crippen LogP contribution is 2.36. The highest BCUT2D eigenvalue weighted by molar-refractivity contribution is 7.89. The van der Waals surface area contributed by atoms with Gasteiger partial charge in [0.2, 0.25) is 10.0 Å². The lowest BCUT2D eigenvalue weighted by Gasteiger charge is -2.33. The lowest BCUT2D eigenvalue weighted by molar-refractivity contribution is 0.0748. The SMILES string of the molecule is O=S(=O)(NCc1ccc(C(F)F)nc1)c1ccc(NCC2(F)CCC(CO)CC2)c(Cl)c1. The molecule has 0 spiro atoms. The topological polar surface area (TPSA) is 91.3 Å². The molecule has 0 bridgehead atoms. The zero-order valence-electron chi connectivity index (χ0n) is 17.2. The van der Waals surface area contributed by atoms with Crippen LogP contribution in [0.3, 0.4) is 0 Å². The van der Waals surface area contributed by atoms with E-state index in [0.29, 0.717) is 36.9 Å². The van der Waals surface area contributed by atoms with Gasteiger partial charge in [-0.3, -0.25) is 4.98 Å². The van der Waals surface area contributed by atoms with Gasteiger partial charge in [0.05, 0.1) is 15.6 Å². The number of alkyl halides is 3. The molecule has 0 radical (unpaired) electrons. The number of aromatic nitrogens is 1. The van der Waals surface area contributed by atoms with E-state index in [-0.39, 0.29) is 41.2 Å². The number of benzene rings is 1. The van der Waals surface area contributed by atoms with Gasteiger partial charge in [-0.1, -0.05) is 17.7 Å². The highest BCUT2D eigenvalue weighted by atomic mass is 35.5. The molecule has 0 unspecified atom stereocenters. The summed E-state index contributed by atoms with van der Waals surface area (Å²) in [6.45, 7) is -0.0245. The van der Waals surface area contributed by atoms with Gasteiger partial charge in [-0.2, -0.15) is 0 Å². The van der Waals surface area contributed by atoms with Crippen molar-refractivity contribution in [3.8, 4) is 0 Å². The van der Waals surface area contributed by atoms with E-state index < -0.39 is 22.1 Å². The first kappa shape index (κ1) is 24.8. The molecular formula is C21H25ClF3N3O3S. The molecule has 1 fully saturated rings. The number of hydrogen-bond acceptors (Lipinski definition) is 5. The van der Waals surface area contributed by atoms with E-state index in [2.05, 4.69) is 15.0 Å². The zero-order valence-corrected chi connectivity index (χ0v) is 18.8. The van der Waals surface area contributed by atoms with Gasteiger partial charge in [-0.05, 0) is 61.4 Å². The Morgan fingerprint density at radius 2 is 1.94 bits per heavy atom. The summed E-state index contributed by atoms with van der Waals surface area (Å²) in [5.74, 6) is 0.137. The summed E-state index contributed by atoms with van der Waals surface area (Å²) in [5, 5.41) is 12.3. The van der Waals surface area contributed by atoms with Crippen molar-refractivity contribution in [3.05, 3.63) is 52.8 Å². The molecule has 32 heavy (non-hydrogen) atoms. The number of anilines is 1. The van der Waals surface area contributed by atoms with E-state index in [1.807, 2.05) is 0 Å². The quantitative estimate of drug-likeness (QED) is 0.482. The predicted molar refractivity (Wildman–Crippen MR) is 116 cm³/mol. The summed E-state index contributed by atoms with van der Waals surface area (Å²) in [7, 11) is -3.92. The van der Waals surface area contributed by atoms with Crippen LogP contribution in [0, 0.1) is 5.92 Å². The fourth-order valence-electron chi connectivity index (χ4n) is 3.55. The number of nitrogens with zero attached hydrogens (tertiary/aromatic N) is 1. The van der Waals surface area contributed by atoms with E-state index >= 15 is 0 Å². The van der Waals surface area contributed by atoms with Crippen molar-refractivity contribution in [2.45, 2.75) is 49.2 Å². The minimum absolute atomic E-state index is 0.0385. The third-order valence-electron chi connectivity index (χ3n) is 5.64. The van der Waals surface area contributed by atoms with Crippen LogP contribution in [0.15, 0.2) is 41.4 Å². The molecule has 1 aromatic heterocycles. The van der Waals surface area contributed by atoms with E-state index in [9.17, 15) is 26.7 Å². The number of aliphatic hydroxyl groups excluding tert-OH is 1. The lowest BCUT2D eigenvalue weighted by atomic mass is 9.80. The van der Waals surface area contributed by atoms with Gasteiger partial charge >= 0.3 is 0 Å². The maximum Gasteiger partial charge on any atom is 0.280 e. The molecule has 3 N–H and O–H groups in total. The molecule has 0 aliphatic heterocycles. The maximum absolute atomic E-state index is 15.0. The third kappa shape index (κ3) is 6.34. The van der Waals surface area contributed by atoms with Crippen LogP contribution in [0.2, 0.25) is 5.02 Å². The summed E-state index contributed by atoms with van der Waals surface area (Å²) in [6, 6.07) is 6.59. The molecule has 1 aliphatic rings.